The van der Waals surface area contributed by atoms with Gasteiger partial charge in [0.25, 0.3) is 0 Å². The third-order valence-electron chi connectivity index (χ3n) is 4.99. The normalized spacial score (nSPS) is 9.60. The van der Waals surface area contributed by atoms with Crippen LogP contribution in [0.5, 0.6) is 0 Å². The molecule has 3 heteroatoms. The number of halogens is 2. The predicted octanol–water partition coefficient (Wildman–Crippen LogP) is 1.78. The number of hydrogen-bond acceptors (Lipinski definition) is 0. The molecule has 0 amide bonds. The fourth-order valence-corrected chi connectivity index (χ4v) is 3.48. The molecular formula is C27H32Cl2Ti-2. The van der Waals surface area contributed by atoms with Crippen LogP contribution in [0.15, 0.2) is 72.8 Å². The van der Waals surface area contributed by atoms with Crippen LogP contribution in [-0.4, -0.2) is 4.82 Å². The van der Waals surface area contributed by atoms with Crippen molar-refractivity contribution in [3.63, 3.8) is 0 Å². The van der Waals surface area contributed by atoms with Crippen LogP contribution in [0.4, 0.5) is 0 Å². The second kappa shape index (κ2) is 16.5. The Balaban J connectivity index is 0.000000488. The summed E-state index contributed by atoms with van der Waals surface area (Å²) in [5, 5.41) is 5.53. The van der Waals surface area contributed by atoms with E-state index in [0.717, 1.165) is 0 Å². The molecule has 0 aliphatic heterocycles. The number of rotatable bonds is 6. The fraction of sp³-hybridized carbons (Fsp3) is 0.296. The molecule has 0 aliphatic carbocycles. The summed E-state index contributed by atoms with van der Waals surface area (Å²) in [6.07, 6.45) is 7.62. The summed E-state index contributed by atoms with van der Waals surface area (Å²) in [6, 6.07) is 26.4. The van der Waals surface area contributed by atoms with Gasteiger partial charge in [-0.1, -0.05) is 51.7 Å². The Morgan fingerprint density at radius 3 is 1.37 bits per heavy atom. The van der Waals surface area contributed by atoms with Crippen molar-refractivity contribution in [2.24, 2.45) is 0 Å². The first-order valence-corrected chi connectivity index (χ1v) is 11.5. The van der Waals surface area contributed by atoms with Crippen molar-refractivity contribution in [3.05, 3.63) is 83.9 Å². The van der Waals surface area contributed by atoms with E-state index in [-0.39, 0.29) is 24.8 Å². The molecule has 4 aromatic rings. The van der Waals surface area contributed by atoms with Crippen LogP contribution in [0.25, 0.3) is 21.5 Å². The Morgan fingerprint density at radius 2 is 1.03 bits per heavy atom. The van der Waals surface area contributed by atoms with Crippen molar-refractivity contribution in [2.45, 2.75) is 52.4 Å². The van der Waals surface area contributed by atoms with E-state index in [1.165, 1.54) is 71.2 Å². The Labute approximate surface area is 206 Å². The zero-order valence-electron chi connectivity index (χ0n) is 18.1. The monoisotopic (exact) mass is 474 g/mol. The number of aryl methyl sites for hydroxylation is 2. The Bertz CT molecular complexity index is 807. The largest absolute Gasteiger partial charge is 1.00 e. The van der Waals surface area contributed by atoms with E-state index < -0.39 is 0 Å². The predicted molar refractivity (Wildman–Crippen MR) is 123 cm³/mol. The Morgan fingerprint density at radius 1 is 0.667 bits per heavy atom. The van der Waals surface area contributed by atoms with Gasteiger partial charge in [-0.05, 0) is 12.8 Å². The molecule has 4 aromatic carbocycles. The van der Waals surface area contributed by atoms with Gasteiger partial charge >= 0.3 is 24.8 Å². The van der Waals surface area contributed by atoms with Crippen molar-refractivity contribution in [1.82, 2.24) is 0 Å². The minimum Gasteiger partial charge on any atom is -1.00 e. The van der Waals surface area contributed by atoms with Gasteiger partial charge in [-0.25, -0.2) is 0 Å². The number of benzene rings is 2. The van der Waals surface area contributed by atoms with Gasteiger partial charge < -0.3 is 24.8 Å². The number of hydrogen-bond donors (Lipinski definition) is 0. The molecule has 0 unspecified atom stereocenters. The first-order valence-electron chi connectivity index (χ1n) is 10.4. The molecule has 160 valence electrons. The van der Waals surface area contributed by atoms with Gasteiger partial charge in [-0.2, -0.15) is 12.1 Å². The van der Waals surface area contributed by atoms with Crippen LogP contribution >= 0.6 is 0 Å². The van der Waals surface area contributed by atoms with Crippen molar-refractivity contribution in [2.75, 3.05) is 0 Å². The fourth-order valence-electron chi connectivity index (χ4n) is 3.48. The van der Waals surface area contributed by atoms with Crippen molar-refractivity contribution < 1.29 is 44.8 Å². The summed E-state index contributed by atoms with van der Waals surface area (Å²) in [4.78, 5) is 3.25. The summed E-state index contributed by atoms with van der Waals surface area (Å²) in [5.74, 6) is 0. The van der Waals surface area contributed by atoms with Crippen LogP contribution < -0.4 is 24.8 Å². The quantitative estimate of drug-likeness (QED) is 0.295. The second-order valence-corrected chi connectivity index (χ2v) is 7.19. The smallest absolute Gasteiger partial charge is 1.00 e. The van der Waals surface area contributed by atoms with Crippen molar-refractivity contribution >= 4 is 26.4 Å². The molecule has 0 radical (unpaired) electrons. The molecule has 30 heavy (non-hydrogen) atoms. The summed E-state index contributed by atoms with van der Waals surface area (Å²) in [7, 11) is 0. The molecule has 0 N–H and O–H groups in total. The van der Waals surface area contributed by atoms with Crippen LogP contribution in [0.2, 0.25) is 0 Å². The molecule has 0 heterocycles. The van der Waals surface area contributed by atoms with E-state index in [9.17, 15) is 0 Å². The molecule has 0 saturated carbocycles. The summed E-state index contributed by atoms with van der Waals surface area (Å²) < 4.78 is 0. The SMILES string of the molecule is CCCCc1cc2ccccc2[cH-]1.CCCCc1cc2ccccc2[cH-]1.[CH2]=[Ti+2].[Cl-].[Cl-]. The molecule has 0 spiro atoms. The molecular weight excluding hydrogens is 443 g/mol. The van der Waals surface area contributed by atoms with Crippen LogP contribution in [-0.2, 0) is 32.8 Å². The van der Waals surface area contributed by atoms with Crippen molar-refractivity contribution in [3.8, 4) is 0 Å². The standard InChI is InChI=1S/2C13H15.CH2.2ClH.Ti/c2*1-2-3-6-11-9-12-7-4-5-8-13(12)10-11;;;;/h2*4-5,7-10H,2-3,6H2,1H3;1H2;2*1H;/q2*-1;;;;+2/p-2. The van der Waals surface area contributed by atoms with E-state index in [4.69, 9.17) is 0 Å². The molecule has 0 fully saturated rings. The average Bonchev–Trinajstić information content (AvgIpc) is 3.35. The maximum absolute atomic E-state index is 3.25. The van der Waals surface area contributed by atoms with Gasteiger partial charge in [-0.15, -0.1) is 81.2 Å². The first kappa shape index (κ1) is 28.8. The van der Waals surface area contributed by atoms with E-state index in [0.29, 0.717) is 0 Å². The zero-order valence-corrected chi connectivity index (χ0v) is 21.2. The van der Waals surface area contributed by atoms with E-state index >= 15 is 0 Å². The zero-order chi connectivity index (χ0) is 20.2. The Hall–Kier alpha value is -1.18. The minimum atomic E-state index is 0. The third-order valence-corrected chi connectivity index (χ3v) is 4.99. The number of unbranched alkanes of at least 4 members (excludes halogenated alkanes) is 2. The van der Waals surface area contributed by atoms with Gasteiger partial charge in [0.15, 0.2) is 0 Å². The van der Waals surface area contributed by atoms with Gasteiger partial charge in [-0.3, -0.25) is 0 Å². The third kappa shape index (κ3) is 8.90. The Kier molecular flexibility index (Phi) is 15.9. The summed E-state index contributed by atoms with van der Waals surface area (Å²) in [5.41, 5.74) is 2.98. The average molecular weight is 475 g/mol. The maximum Gasteiger partial charge on any atom is -1.00 e. The first-order chi connectivity index (χ1) is 13.8. The molecule has 0 atom stereocenters. The molecule has 0 aromatic heterocycles. The molecule has 0 nitrogen and oxygen atoms in total. The van der Waals surface area contributed by atoms with E-state index in [1.807, 2.05) is 0 Å². The van der Waals surface area contributed by atoms with Gasteiger partial charge in [0.1, 0.15) is 0 Å². The maximum atomic E-state index is 3.25. The molecule has 4 rings (SSSR count). The number of fused-ring (bicyclic) bond motifs is 2. The van der Waals surface area contributed by atoms with E-state index in [1.54, 1.807) is 20.0 Å². The van der Waals surface area contributed by atoms with E-state index in [2.05, 4.69) is 91.5 Å². The molecule has 0 saturated heterocycles. The second-order valence-electron chi connectivity index (χ2n) is 7.19. The minimum absolute atomic E-state index is 0. The van der Waals surface area contributed by atoms with Crippen LogP contribution in [0.1, 0.15) is 50.7 Å². The summed E-state index contributed by atoms with van der Waals surface area (Å²) >= 11 is 1.75. The van der Waals surface area contributed by atoms with Gasteiger partial charge in [0.05, 0.1) is 0 Å². The van der Waals surface area contributed by atoms with Crippen LogP contribution in [0.3, 0.4) is 0 Å². The van der Waals surface area contributed by atoms with Gasteiger partial charge in [0.2, 0.25) is 0 Å². The molecule has 0 bridgehead atoms. The van der Waals surface area contributed by atoms with Crippen LogP contribution in [0, 0.1) is 0 Å². The van der Waals surface area contributed by atoms with Crippen molar-refractivity contribution in [1.29, 1.82) is 0 Å². The van der Waals surface area contributed by atoms with Gasteiger partial charge in [0, 0.05) is 0 Å². The topological polar surface area (TPSA) is 0 Å². The summed E-state index contributed by atoms with van der Waals surface area (Å²) in [6.45, 7) is 4.48. The molecule has 0 aliphatic rings.